The summed E-state index contributed by atoms with van der Waals surface area (Å²) in [5.74, 6) is 0. The number of aliphatic hydroxyl groups excluding tert-OH is 1. The van der Waals surface area contributed by atoms with E-state index < -0.39 is 0 Å². The molecule has 0 aliphatic heterocycles. The van der Waals surface area contributed by atoms with Crippen molar-refractivity contribution in [2.24, 2.45) is 0 Å². The van der Waals surface area contributed by atoms with E-state index in [1.54, 1.807) is 0 Å². The van der Waals surface area contributed by atoms with Crippen LogP contribution in [-0.2, 0) is 6.54 Å². The molecule has 2 rings (SSSR count). The Hall–Kier alpha value is -0.0900. The van der Waals surface area contributed by atoms with Crippen molar-refractivity contribution in [3.8, 4) is 0 Å². The van der Waals surface area contributed by atoms with Crippen LogP contribution in [0, 0.1) is 0 Å². The molecule has 1 fully saturated rings. The predicted octanol–water partition coefficient (Wildman–Crippen LogP) is 3.11. The van der Waals surface area contributed by atoms with Crippen LogP contribution in [0.5, 0.6) is 0 Å². The fraction of sp³-hybridized carbons (Fsp3) is 0.500. The number of hydrogen-bond donors (Lipinski definition) is 2. The van der Waals surface area contributed by atoms with E-state index in [-0.39, 0.29) is 12.1 Å². The second kappa shape index (κ2) is 5.05. The highest BCUT2D eigenvalue weighted by Gasteiger charge is 2.35. The van der Waals surface area contributed by atoms with Gasteiger partial charge in [0.2, 0.25) is 0 Å². The summed E-state index contributed by atoms with van der Waals surface area (Å²) >= 11 is 9.39. The number of benzene rings is 1. The molecule has 0 aromatic heterocycles. The van der Waals surface area contributed by atoms with Gasteiger partial charge in [0.05, 0.1) is 11.6 Å². The minimum absolute atomic E-state index is 0.0421. The Morgan fingerprint density at radius 1 is 1.44 bits per heavy atom. The minimum Gasteiger partial charge on any atom is -0.394 e. The van der Waals surface area contributed by atoms with E-state index in [9.17, 15) is 5.11 Å². The van der Waals surface area contributed by atoms with Crippen LogP contribution in [0.1, 0.15) is 24.8 Å². The number of hydrogen-bond acceptors (Lipinski definition) is 2. The van der Waals surface area contributed by atoms with Crippen molar-refractivity contribution < 1.29 is 5.11 Å². The van der Waals surface area contributed by atoms with Crippen LogP contribution in [0.15, 0.2) is 22.7 Å². The molecule has 1 aromatic rings. The fourth-order valence-corrected chi connectivity index (χ4v) is 2.38. The maximum atomic E-state index is 9.32. The fourth-order valence-electron chi connectivity index (χ4n) is 1.93. The number of aliphatic hydroxyl groups is 1. The largest absolute Gasteiger partial charge is 0.394 e. The van der Waals surface area contributed by atoms with Crippen molar-refractivity contribution in [3.63, 3.8) is 0 Å². The molecular weight excluding hydrogens is 289 g/mol. The van der Waals surface area contributed by atoms with Gasteiger partial charge in [-0.3, -0.25) is 0 Å². The van der Waals surface area contributed by atoms with Gasteiger partial charge in [-0.05, 0) is 52.9 Å². The second-order valence-corrected chi connectivity index (χ2v) is 5.66. The summed E-state index contributed by atoms with van der Waals surface area (Å²) in [6.45, 7) is 0.977. The molecule has 0 bridgehead atoms. The average molecular weight is 305 g/mol. The minimum atomic E-state index is -0.0421. The second-order valence-electron chi connectivity index (χ2n) is 4.39. The zero-order valence-electron chi connectivity index (χ0n) is 8.97. The highest BCUT2D eigenvalue weighted by Crippen LogP contribution is 2.31. The van der Waals surface area contributed by atoms with Crippen LogP contribution < -0.4 is 5.32 Å². The summed E-state index contributed by atoms with van der Waals surface area (Å²) in [5.41, 5.74) is 1.10. The van der Waals surface area contributed by atoms with Gasteiger partial charge in [0.15, 0.2) is 0 Å². The summed E-state index contributed by atoms with van der Waals surface area (Å²) in [6.07, 6.45) is 3.33. The predicted molar refractivity (Wildman–Crippen MR) is 69.7 cm³/mol. The van der Waals surface area contributed by atoms with Crippen LogP contribution in [-0.4, -0.2) is 17.3 Å². The van der Waals surface area contributed by atoms with Crippen molar-refractivity contribution in [1.82, 2.24) is 5.32 Å². The van der Waals surface area contributed by atoms with E-state index in [0.717, 1.165) is 34.4 Å². The number of nitrogens with one attached hydrogen (secondary N) is 1. The molecule has 0 amide bonds. The summed E-state index contributed by atoms with van der Waals surface area (Å²) in [4.78, 5) is 0. The number of rotatable bonds is 4. The SMILES string of the molecule is OCC1(NCc2ccc(Br)c(Cl)c2)CCC1. The summed E-state index contributed by atoms with van der Waals surface area (Å²) < 4.78 is 0.915. The van der Waals surface area contributed by atoms with E-state index in [1.165, 1.54) is 6.42 Å². The standard InChI is InChI=1S/C12H15BrClNO/c13-10-3-2-9(6-11(10)14)7-15-12(8-16)4-1-5-12/h2-3,6,15-16H,1,4-5,7-8H2. The van der Waals surface area contributed by atoms with Gasteiger partial charge in [-0.2, -0.15) is 0 Å². The van der Waals surface area contributed by atoms with Gasteiger partial charge < -0.3 is 10.4 Å². The van der Waals surface area contributed by atoms with Gasteiger partial charge in [0.1, 0.15) is 0 Å². The first-order chi connectivity index (χ1) is 7.65. The Morgan fingerprint density at radius 2 is 2.19 bits per heavy atom. The van der Waals surface area contributed by atoms with E-state index in [0.29, 0.717) is 0 Å². The Bertz CT molecular complexity index is 374. The van der Waals surface area contributed by atoms with Crippen LogP contribution in [0.2, 0.25) is 5.02 Å². The Kier molecular flexibility index (Phi) is 3.90. The summed E-state index contributed by atoms with van der Waals surface area (Å²) in [6, 6.07) is 5.93. The summed E-state index contributed by atoms with van der Waals surface area (Å²) in [7, 11) is 0. The first-order valence-electron chi connectivity index (χ1n) is 5.45. The van der Waals surface area contributed by atoms with Crippen molar-refractivity contribution in [2.75, 3.05) is 6.61 Å². The first-order valence-corrected chi connectivity index (χ1v) is 6.62. The Morgan fingerprint density at radius 3 is 2.69 bits per heavy atom. The first kappa shape index (κ1) is 12.4. The molecule has 4 heteroatoms. The highest BCUT2D eigenvalue weighted by molar-refractivity contribution is 9.10. The van der Waals surface area contributed by atoms with Gasteiger partial charge in [-0.25, -0.2) is 0 Å². The van der Waals surface area contributed by atoms with Crippen molar-refractivity contribution >= 4 is 27.5 Å². The molecule has 1 saturated carbocycles. The molecule has 1 aromatic carbocycles. The lowest BCUT2D eigenvalue weighted by Crippen LogP contribution is -2.53. The molecule has 2 nitrogen and oxygen atoms in total. The lowest BCUT2D eigenvalue weighted by atomic mass is 9.77. The molecule has 0 spiro atoms. The molecule has 1 aliphatic carbocycles. The van der Waals surface area contributed by atoms with Gasteiger partial charge >= 0.3 is 0 Å². The third-order valence-corrected chi connectivity index (χ3v) is 4.50. The zero-order valence-corrected chi connectivity index (χ0v) is 11.3. The Labute approximate surface area is 109 Å². The zero-order chi connectivity index (χ0) is 11.6. The topological polar surface area (TPSA) is 32.3 Å². The average Bonchev–Trinajstić information content (AvgIpc) is 2.22. The smallest absolute Gasteiger partial charge is 0.0613 e. The molecule has 88 valence electrons. The number of halogens is 2. The molecule has 16 heavy (non-hydrogen) atoms. The van der Waals surface area contributed by atoms with Crippen LogP contribution in [0.3, 0.4) is 0 Å². The molecule has 1 aliphatic rings. The van der Waals surface area contributed by atoms with Gasteiger partial charge in [-0.1, -0.05) is 17.7 Å². The van der Waals surface area contributed by atoms with Crippen LogP contribution in [0.4, 0.5) is 0 Å². The molecule has 0 unspecified atom stereocenters. The molecule has 0 saturated heterocycles. The van der Waals surface area contributed by atoms with Crippen molar-refractivity contribution in [3.05, 3.63) is 33.3 Å². The van der Waals surface area contributed by atoms with E-state index >= 15 is 0 Å². The van der Waals surface area contributed by atoms with E-state index in [2.05, 4.69) is 21.2 Å². The molecule has 0 atom stereocenters. The lowest BCUT2D eigenvalue weighted by molar-refractivity contribution is 0.0872. The monoisotopic (exact) mass is 303 g/mol. The quantitative estimate of drug-likeness (QED) is 0.896. The Balaban J connectivity index is 1.96. The maximum Gasteiger partial charge on any atom is 0.0613 e. The van der Waals surface area contributed by atoms with Gasteiger partial charge in [0, 0.05) is 16.6 Å². The van der Waals surface area contributed by atoms with E-state index in [1.807, 2.05) is 18.2 Å². The summed E-state index contributed by atoms with van der Waals surface area (Å²) in [5, 5.41) is 13.5. The van der Waals surface area contributed by atoms with Gasteiger partial charge in [-0.15, -0.1) is 0 Å². The molecule has 0 heterocycles. The molecule has 0 radical (unpaired) electrons. The van der Waals surface area contributed by atoms with Crippen LogP contribution >= 0.6 is 27.5 Å². The van der Waals surface area contributed by atoms with Crippen molar-refractivity contribution in [1.29, 1.82) is 0 Å². The van der Waals surface area contributed by atoms with Crippen LogP contribution in [0.25, 0.3) is 0 Å². The lowest BCUT2D eigenvalue weighted by Gasteiger charge is -2.41. The van der Waals surface area contributed by atoms with Crippen molar-refractivity contribution in [2.45, 2.75) is 31.3 Å². The van der Waals surface area contributed by atoms with E-state index in [4.69, 9.17) is 11.6 Å². The normalized spacial score (nSPS) is 18.2. The maximum absolute atomic E-state index is 9.32. The third-order valence-electron chi connectivity index (χ3n) is 3.26. The highest BCUT2D eigenvalue weighted by atomic mass is 79.9. The molecular formula is C12H15BrClNO. The van der Waals surface area contributed by atoms with Gasteiger partial charge in [0.25, 0.3) is 0 Å². The third kappa shape index (κ3) is 2.59. The molecule has 2 N–H and O–H groups in total.